The van der Waals surface area contributed by atoms with Crippen molar-refractivity contribution in [3.05, 3.63) is 40.6 Å². The second-order valence-corrected chi connectivity index (χ2v) is 12.3. The minimum atomic E-state index is -0.643. The van der Waals surface area contributed by atoms with Gasteiger partial charge in [0.15, 0.2) is 11.5 Å². The van der Waals surface area contributed by atoms with Gasteiger partial charge < -0.3 is 19.5 Å². The summed E-state index contributed by atoms with van der Waals surface area (Å²) in [6.07, 6.45) is 10.4. The number of hydrogen-bond donors (Lipinski definition) is 2. The number of ether oxygens (including phenoxy) is 1. The predicted molar refractivity (Wildman–Crippen MR) is 158 cm³/mol. The number of imidazole rings is 1. The molecule has 2 saturated carbocycles. The molecule has 5 heterocycles. The SMILES string of the molecule is CC1CCC(Cn2c(N3CCOC[C@H]3c3ccccn3)nc3nc(-c4noc(=O)[nH]4)nc(N[C@H](C)C4CCC4)c32)CC1. The van der Waals surface area contributed by atoms with E-state index in [0.717, 1.165) is 29.6 Å². The molecule has 3 aliphatic rings. The molecule has 1 aliphatic heterocycles. The largest absolute Gasteiger partial charge is 0.439 e. The van der Waals surface area contributed by atoms with E-state index in [4.69, 9.17) is 24.2 Å². The second-order valence-electron chi connectivity index (χ2n) is 12.3. The van der Waals surface area contributed by atoms with Gasteiger partial charge in [0.05, 0.1) is 24.9 Å². The number of fused-ring (bicyclic) bond motifs is 1. The van der Waals surface area contributed by atoms with Gasteiger partial charge in [0, 0.05) is 25.3 Å². The van der Waals surface area contributed by atoms with Gasteiger partial charge in [-0.1, -0.05) is 37.4 Å². The zero-order valence-corrected chi connectivity index (χ0v) is 24.3. The van der Waals surface area contributed by atoms with E-state index < -0.39 is 5.76 Å². The van der Waals surface area contributed by atoms with Crippen molar-refractivity contribution in [1.29, 1.82) is 0 Å². The van der Waals surface area contributed by atoms with Crippen molar-refractivity contribution in [1.82, 2.24) is 34.6 Å². The van der Waals surface area contributed by atoms with Crippen molar-refractivity contribution in [3.8, 4) is 11.6 Å². The molecule has 0 aromatic carbocycles. The lowest BCUT2D eigenvalue weighted by Gasteiger charge is -2.37. The van der Waals surface area contributed by atoms with Gasteiger partial charge in [0.1, 0.15) is 5.52 Å². The lowest BCUT2D eigenvalue weighted by Crippen LogP contribution is -2.41. The van der Waals surface area contributed by atoms with Crippen LogP contribution in [0.15, 0.2) is 33.7 Å². The first-order valence-corrected chi connectivity index (χ1v) is 15.4. The Morgan fingerprint density at radius 3 is 2.69 bits per heavy atom. The second kappa shape index (κ2) is 11.5. The number of pyridine rings is 1. The molecule has 12 heteroatoms. The molecule has 0 unspecified atom stereocenters. The molecule has 3 fully saturated rings. The molecule has 1 saturated heterocycles. The topological polar surface area (TPSA) is 140 Å². The van der Waals surface area contributed by atoms with E-state index in [9.17, 15) is 4.79 Å². The Balaban J connectivity index is 1.38. The number of nitrogens with one attached hydrogen (secondary N) is 2. The van der Waals surface area contributed by atoms with Crippen LogP contribution in [0.5, 0.6) is 0 Å². The van der Waals surface area contributed by atoms with E-state index >= 15 is 0 Å². The van der Waals surface area contributed by atoms with Crippen molar-refractivity contribution >= 4 is 22.9 Å². The molecule has 0 amide bonds. The van der Waals surface area contributed by atoms with Gasteiger partial charge in [-0.05, 0) is 62.5 Å². The Hall–Kier alpha value is -3.80. The zero-order valence-electron chi connectivity index (χ0n) is 24.3. The van der Waals surface area contributed by atoms with Crippen LogP contribution in [0.25, 0.3) is 22.8 Å². The van der Waals surface area contributed by atoms with E-state index in [1.807, 2.05) is 24.4 Å². The third kappa shape index (κ3) is 5.28. The molecule has 2 atom stereocenters. The number of aromatic amines is 1. The van der Waals surface area contributed by atoms with Crippen LogP contribution in [0.4, 0.5) is 11.8 Å². The average molecular weight is 574 g/mol. The number of nitrogens with zero attached hydrogens (tertiary/aromatic N) is 7. The van der Waals surface area contributed by atoms with Crippen molar-refractivity contribution in [2.24, 2.45) is 17.8 Å². The highest BCUT2D eigenvalue weighted by Gasteiger charge is 2.33. The fraction of sp³-hybridized carbons (Fsp3) is 0.600. The quantitative estimate of drug-likeness (QED) is 0.308. The molecule has 4 aromatic rings. The van der Waals surface area contributed by atoms with E-state index in [2.05, 4.69) is 43.8 Å². The summed E-state index contributed by atoms with van der Waals surface area (Å²) < 4.78 is 13.1. The van der Waals surface area contributed by atoms with Crippen molar-refractivity contribution in [3.63, 3.8) is 0 Å². The van der Waals surface area contributed by atoms with Crippen LogP contribution in [0.2, 0.25) is 0 Å². The van der Waals surface area contributed by atoms with Crippen molar-refractivity contribution in [2.75, 3.05) is 30.0 Å². The number of anilines is 2. The summed E-state index contributed by atoms with van der Waals surface area (Å²) in [4.78, 5) is 36.4. The number of aromatic nitrogens is 7. The maximum atomic E-state index is 11.8. The maximum absolute atomic E-state index is 11.8. The molecule has 42 heavy (non-hydrogen) atoms. The average Bonchev–Trinajstić information content (AvgIpc) is 3.57. The van der Waals surface area contributed by atoms with Crippen LogP contribution in [-0.2, 0) is 11.3 Å². The summed E-state index contributed by atoms with van der Waals surface area (Å²) in [7, 11) is 0. The normalized spacial score (nSPS) is 24.0. The molecule has 2 N–H and O–H groups in total. The Bertz CT molecular complexity index is 1570. The summed E-state index contributed by atoms with van der Waals surface area (Å²) in [5, 5.41) is 7.61. The highest BCUT2D eigenvalue weighted by atomic mass is 16.5. The number of H-pyrrole nitrogens is 1. The van der Waals surface area contributed by atoms with Crippen LogP contribution in [0.1, 0.15) is 70.5 Å². The van der Waals surface area contributed by atoms with E-state index in [1.54, 1.807) is 0 Å². The molecule has 7 rings (SSSR count). The smallest absolute Gasteiger partial charge is 0.377 e. The van der Waals surface area contributed by atoms with Crippen LogP contribution < -0.4 is 16.0 Å². The van der Waals surface area contributed by atoms with Gasteiger partial charge in [0.25, 0.3) is 0 Å². The van der Waals surface area contributed by atoms with E-state index in [-0.39, 0.29) is 23.7 Å². The minimum absolute atomic E-state index is 0.0773. The fourth-order valence-corrected chi connectivity index (χ4v) is 6.65. The Morgan fingerprint density at radius 2 is 1.98 bits per heavy atom. The van der Waals surface area contributed by atoms with Gasteiger partial charge >= 0.3 is 5.76 Å². The molecular formula is C30H39N9O3. The minimum Gasteiger partial charge on any atom is -0.377 e. The first kappa shape index (κ1) is 27.1. The predicted octanol–water partition coefficient (Wildman–Crippen LogP) is 4.57. The molecule has 0 radical (unpaired) electrons. The summed E-state index contributed by atoms with van der Waals surface area (Å²) in [6, 6.07) is 6.15. The lowest BCUT2D eigenvalue weighted by molar-refractivity contribution is 0.0916. The summed E-state index contributed by atoms with van der Waals surface area (Å²) in [5.74, 6) is 3.29. The zero-order chi connectivity index (χ0) is 28.6. The summed E-state index contributed by atoms with van der Waals surface area (Å²) in [5.41, 5.74) is 2.40. The Morgan fingerprint density at radius 1 is 1.12 bits per heavy atom. The molecule has 0 spiro atoms. The third-order valence-electron chi connectivity index (χ3n) is 9.45. The monoisotopic (exact) mass is 573 g/mol. The van der Waals surface area contributed by atoms with E-state index in [1.165, 1.54) is 44.9 Å². The van der Waals surface area contributed by atoms with Gasteiger partial charge in [-0.25, -0.2) is 14.8 Å². The molecule has 0 bridgehead atoms. The number of rotatable bonds is 8. The number of morpholine rings is 1. The highest BCUT2D eigenvalue weighted by molar-refractivity contribution is 5.87. The Labute approximate surface area is 244 Å². The summed E-state index contributed by atoms with van der Waals surface area (Å²) >= 11 is 0. The van der Waals surface area contributed by atoms with Crippen LogP contribution >= 0.6 is 0 Å². The molecular weight excluding hydrogens is 534 g/mol. The molecule has 222 valence electrons. The van der Waals surface area contributed by atoms with E-state index in [0.29, 0.717) is 43.1 Å². The third-order valence-corrected chi connectivity index (χ3v) is 9.45. The first-order chi connectivity index (χ1) is 20.5. The lowest BCUT2D eigenvalue weighted by atomic mass is 9.80. The molecule has 12 nitrogen and oxygen atoms in total. The van der Waals surface area contributed by atoms with Gasteiger partial charge in [-0.3, -0.25) is 14.5 Å². The molecule has 2 aliphatic carbocycles. The van der Waals surface area contributed by atoms with Crippen LogP contribution in [-0.4, -0.2) is 60.4 Å². The van der Waals surface area contributed by atoms with Crippen molar-refractivity contribution in [2.45, 2.75) is 77.4 Å². The van der Waals surface area contributed by atoms with Gasteiger partial charge in [-0.2, -0.15) is 4.98 Å². The molecule has 4 aromatic heterocycles. The highest BCUT2D eigenvalue weighted by Crippen LogP contribution is 2.38. The standard InChI is InChI=1S/C30H39N9O3/c1-18-9-11-20(12-10-18)16-39-24-25(32-19(2)21-6-5-7-21)33-27(28-36-30(40)42-37-28)34-26(24)35-29(39)38-14-15-41-17-23(38)22-8-3-4-13-31-22/h3-4,8,13,18-21,23H,5-7,9-12,14-17H2,1-2H3,(H,32,33,34)(H,36,37,40)/t18?,19-,20?,23+/m1/s1. The van der Waals surface area contributed by atoms with Crippen molar-refractivity contribution < 1.29 is 9.26 Å². The number of hydrogen-bond acceptors (Lipinski definition) is 10. The van der Waals surface area contributed by atoms with Crippen LogP contribution in [0.3, 0.4) is 0 Å². The fourth-order valence-electron chi connectivity index (χ4n) is 6.65. The van der Waals surface area contributed by atoms with Gasteiger partial charge in [0.2, 0.25) is 17.6 Å². The van der Waals surface area contributed by atoms with Crippen LogP contribution in [0, 0.1) is 17.8 Å². The Kier molecular flexibility index (Phi) is 7.39. The van der Waals surface area contributed by atoms with Gasteiger partial charge in [-0.15, -0.1) is 0 Å². The maximum Gasteiger partial charge on any atom is 0.439 e. The summed E-state index contributed by atoms with van der Waals surface area (Å²) in [6.45, 7) is 7.23. The first-order valence-electron chi connectivity index (χ1n) is 15.4.